The molecular formula is C18H24N2O. The molecule has 0 spiro atoms. The van der Waals surface area contributed by atoms with Crippen LogP contribution in [0.3, 0.4) is 0 Å². The molecule has 0 amide bonds. The van der Waals surface area contributed by atoms with Crippen molar-refractivity contribution in [3.05, 3.63) is 59.9 Å². The highest BCUT2D eigenvalue weighted by Gasteiger charge is 2.29. The summed E-state index contributed by atoms with van der Waals surface area (Å²) in [4.78, 5) is 4.31. The van der Waals surface area contributed by atoms with Crippen molar-refractivity contribution in [1.29, 1.82) is 0 Å². The number of pyridine rings is 1. The number of hydrogen-bond donors (Lipinski definition) is 1. The molecule has 0 aliphatic heterocycles. The summed E-state index contributed by atoms with van der Waals surface area (Å²) in [6, 6.07) is 12.2. The monoisotopic (exact) mass is 284 g/mol. The number of nitrogens with zero attached hydrogens (tertiary/aromatic N) is 1. The van der Waals surface area contributed by atoms with Crippen molar-refractivity contribution in [1.82, 2.24) is 4.98 Å². The second-order valence-corrected chi connectivity index (χ2v) is 5.66. The van der Waals surface area contributed by atoms with Gasteiger partial charge in [0.2, 0.25) is 0 Å². The van der Waals surface area contributed by atoms with Crippen molar-refractivity contribution in [2.45, 2.75) is 45.3 Å². The van der Waals surface area contributed by atoms with E-state index in [1.807, 2.05) is 44.3 Å². The Balaban J connectivity index is 2.43. The minimum Gasteiger partial charge on any atom is -0.489 e. The highest BCUT2D eigenvalue weighted by molar-refractivity contribution is 5.39. The van der Waals surface area contributed by atoms with Gasteiger partial charge in [-0.1, -0.05) is 43.7 Å². The molecule has 0 aliphatic rings. The predicted molar refractivity (Wildman–Crippen MR) is 86.3 cm³/mol. The first kappa shape index (κ1) is 15.5. The molecule has 2 N–H and O–H groups in total. The summed E-state index contributed by atoms with van der Waals surface area (Å²) in [5, 5.41) is 0. The fourth-order valence-electron chi connectivity index (χ4n) is 2.58. The van der Waals surface area contributed by atoms with Gasteiger partial charge in [0.05, 0.1) is 17.8 Å². The highest BCUT2D eigenvalue weighted by Crippen LogP contribution is 2.32. The molecule has 3 heteroatoms. The van der Waals surface area contributed by atoms with Gasteiger partial charge in [-0.15, -0.1) is 0 Å². The van der Waals surface area contributed by atoms with Crippen LogP contribution in [0.1, 0.15) is 44.7 Å². The summed E-state index contributed by atoms with van der Waals surface area (Å²) in [7, 11) is 0. The van der Waals surface area contributed by atoms with Crippen molar-refractivity contribution in [3.8, 4) is 5.75 Å². The maximum absolute atomic E-state index is 6.76. The van der Waals surface area contributed by atoms with Gasteiger partial charge in [0, 0.05) is 6.20 Å². The molecule has 1 atom stereocenters. The van der Waals surface area contributed by atoms with Gasteiger partial charge in [-0.05, 0) is 37.5 Å². The van der Waals surface area contributed by atoms with E-state index in [4.69, 9.17) is 10.5 Å². The van der Waals surface area contributed by atoms with Crippen molar-refractivity contribution in [2.75, 3.05) is 0 Å². The summed E-state index contributed by atoms with van der Waals surface area (Å²) in [5.41, 5.74) is 8.33. The molecule has 0 saturated heterocycles. The summed E-state index contributed by atoms with van der Waals surface area (Å²) >= 11 is 0. The average Bonchev–Trinajstić information content (AvgIpc) is 2.48. The number of hydrogen-bond acceptors (Lipinski definition) is 3. The van der Waals surface area contributed by atoms with Gasteiger partial charge >= 0.3 is 0 Å². The van der Waals surface area contributed by atoms with Crippen molar-refractivity contribution in [2.24, 2.45) is 5.73 Å². The van der Waals surface area contributed by atoms with Gasteiger partial charge < -0.3 is 10.5 Å². The molecule has 2 rings (SSSR count). The molecular weight excluding hydrogens is 260 g/mol. The lowest BCUT2D eigenvalue weighted by Gasteiger charge is -2.30. The molecule has 0 radical (unpaired) electrons. The summed E-state index contributed by atoms with van der Waals surface area (Å²) in [5.74, 6) is 0.768. The maximum atomic E-state index is 6.76. The Hall–Kier alpha value is -1.87. The molecule has 1 heterocycles. The number of aromatic nitrogens is 1. The Morgan fingerprint density at radius 2 is 1.86 bits per heavy atom. The summed E-state index contributed by atoms with van der Waals surface area (Å²) in [6.45, 7) is 6.16. The van der Waals surface area contributed by atoms with E-state index in [0.717, 1.165) is 29.7 Å². The van der Waals surface area contributed by atoms with Crippen LogP contribution in [0.4, 0.5) is 0 Å². The Bertz CT molecular complexity index is 568. The smallest absolute Gasteiger partial charge is 0.138 e. The van der Waals surface area contributed by atoms with Crippen LogP contribution < -0.4 is 10.5 Å². The van der Waals surface area contributed by atoms with Crippen molar-refractivity contribution in [3.63, 3.8) is 0 Å². The lowest BCUT2D eigenvalue weighted by atomic mass is 9.81. The van der Waals surface area contributed by atoms with Crippen LogP contribution in [0.5, 0.6) is 5.75 Å². The molecule has 0 saturated carbocycles. The fourth-order valence-corrected chi connectivity index (χ4v) is 2.58. The van der Waals surface area contributed by atoms with Crippen LogP contribution in [0, 0.1) is 0 Å². The number of nitrogens with two attached hydrogens (primary N) is 1. The largest absolute Gasteiger partial charge is 0.489 e. The first-order valence-electron chi connectivity index (χ1n) is 7.53. The van der Waals surface area contributed by atoms with E-state index in [2.05, 4.69) is 24.0 Å². The number of ether oxygens (including phenoxy) is 1. The minimum absolute atomic E-state index is 0.122. The zero-order valence-corrected chi connectivity index (χ0v) is 13.0. The number of benzene rings is 1. The Morgan fingerprint density at radius 3 is 2.48 bits per heavy atom. The van der Waals surface area contributed by atoms with Crippen molar-refractivity contribution >= 4 is 0 Å². The quantitative estimate of drug-likeness (QED) is 0.876. The van der Waals surface area contributed by atoms with Crippen molar-refractivity contribution < 1.29 is 4.74 Å². The van der Waals surface area contributed by atoms with E-state index in [-0.39, 0.29) is 6.10 Å². The normalized spacial score (nSPS) is 14.0. The average molecular weight is 284 g/mol. The lowest BCUT2D eigenvalue weighted by Crippen LogP contribution is -2.38. The maximum Gasteiger partial charge on any atom is 0.138 e. The van der Waals surface area contributed by atoms with Gasteiger partial charge in [0.15, 0.2) is 0 Å². The lowest BCUT2D eigenvalue weighted by molar-refractivity contribution is 0.240. The van der Waals surface area contributed by atoms with E-state index in [0.29, 0.717) is 0 Å². The SMILES string of the molecule is CCCC(N)(c1ccccc1)c1cncc(OC(C)C)c1. The van der Waals surface area contributed by atoms with E-state index < -0.39 is 5.54 Å². The van der Waals surface area contributed by atoms with Crippen LogP contribution in [0.2, 0.25) is 0 Å². The summed E-state index contributed by atoms with van der Waals surface area (Å²) in [6.07, 6.45) is 5.57. The third-order valence-corrected chi connectivity index (χ3v) is 3.53. The van der Waals surface area contributed by atoms with E-state index in [1.165, 1.54) is 0 Å². The molecule has 0 fully saturated rings. The van der Waals surface area contributed by atoms with Gasteiger partial charge in [0.25, 0.3) is 0 Å². The van der Waals surface area contributed by atoms with Crippen LogP contribution in [0.25, 0.3) is 0 Å². The Morgan fingerprint density at radius 1 is 1.14 bits per heavy atom. The molecule has 0 aliphatic carbocycles. The molecule has 0 bridgehead atoms. The first-order chi connectivity index (χ1) is 10.1. The van der Waals surface area contributed by atoms with Gasteiger partial charge in [-0.25, -0.2) is 0 Å². The standard InChI is InChI=1S/C18H24N2O/c1-4-10-18(19,15-8-6-5-7-9-15)16-11-17(13-20-12-16)21-14(2)3/h5-9,11-14H,4,10,19H2,1-3H3. The van der Waals surface area contributed by atoms with Gasteiger partial charge in [-0.2, -0.15) is 0 Å². The van der Waals surface area contributed by atoms with Crippen LogP contribution in [-0.4, -0.2) is 11.1 Å². The Kier molecular flexibility index (Phi) is 4.97. The molecule has 3 nitrogen and oxygen atoms in total. The van der Waals surface area contributed by atoms with Crippen LogP contribution in [-0.2, 0) is 5.54 Å². The van der Waals surface area contributed by atoms with E-state index in [1.54, 1.807) is 6.20 Å². The predicted octanol–water partition coefficient (Wildman–Crippen LogP) is 3.87. The number of rotatable bonds is 6. The van der Waals surface area contributed by atoms with E-state index in [9.17, 15) is 0 Å². The zero-order valence-electron chi connectivity index (χ0n) is 13.0. The van der Waals surface area contributed by atoms with Crippen LogP contribution in [0.15, 0.2) is 48.8 Å². The second kappa shape index (κ2) is 6.72. The van der Waals surface area contributed by atoms with E-state index >= 15 is 0 Å². The van der Waals surface area contributed by atoms with Gasteiger partial charge in [-0.3, -0.25) is 4.98 Å². The third kappa shape index (κ3) is 3.61. The molecule has 1 aromatic heterocycles. The topological polar surface area (TPSA) is 48.1 Å². The fraction of sp³-hybridized carbons (Fsp3) is 0.389. The Labute approximate surface area is 127 Å². The molecule has 21 heavy (non-hydrogen) atoms. The molecule has 112 valence electrons. The first-order valence-corrected chi connectivity index (χ1v) is 7.53. The minimum atomic E-state index is -0.528. The van der Waals surface area contributed by atoms with Gasteiger partial charge in [0.1, 0.15) is 5.75 Å². The van der Waals surface area contributed by atoms with Crippen LogP contribution >= 0.6 is 0 Å². The summed E-state index contributed by atoms with van der Waals surface area (Å²) < 4.78 is 5.75. The second-order valence-electron chi connectivity index (χ2n) is 5.66. The zero-order chi connectivity index (χ0) is 15.3. The third-order valence-electron chi connectivity index (χ3n) is 3.53. The molecule has 2 aromatic rings. The highest BCUT2D eigenvalue weighted by atomic mass is 16.5. The molecule has 1 aromatic carbocycles. The molecule has 1 unspecified atom stereocenters.